The minimum atomic E-state index is -1.14. The summed E-state index contributed by atoms with van der Waals surface area (Å²) in [5.74, 6) is -2.53. The van der Waals surface area contributed by atoms with E-state index in [1.165, 1.54) is 12.1 Å². The summed E-state index contributed by atoms with van der Waals surface area (Å²) in [6.45, 7) is 0. The topological polar surface area (TPSA) is 63.3 Å². The molecule has 0 aliphatic heterocycles. The van der Waals surface area contributed by atoms with Gasteiger partial charge in [-0.1, -0.05) is 42.5 Å². The van der Waals surface area contributed by atoms with Gasteiger partial charge in [0.1, 0.15) is 17.7 Å². The standard InChI is InChI=1S/C21H17F2NO2/c22-16-7-8-18(19(23)12-16)17(9-10-20(24)21(25)26)15-6-5-13-3-1-2-4-14(13)11-15/h1-9,11-12,20H,10,24H2,(H,25,26). The van der Waals surface area contributed by atoms with Gasteiger partial charge in [-0.15, -0.1) is 0 Å². The second-order valence-corrected chi connectivity index (χ2v) is 5.98. The lowest BCUT2D eigenvalue weighted by Crippen LogP contribution is -2.29. The van der Waals surface area contributed by atoms with Crippen molar-refractivity contribution in [2.24, 2.45) is 5.73 Å². The van der Waals surface area contributed by atoms with Crippen LogP contribution in [0, 0.1) is 11.6 Å². The first kappa shape index (κ1) is 17.8. The van der Waals surface area contributed by atoms with Crippen LogP contribution in [0.5, 0.6) is 0 Å². The van der Waals surface area contributed by atoms with E-state index in [1.807, 2.05) is 42.5 Å². The van der Waals surface area contributed by atoms with E-state index in [2.05, 4.69) is 0 Å². The summed E-state index contributed by atoms with van der Waals surface area (Å²) in [7, 11) is 0. The van der Waals surface area contributed by atoms with E-state index in [4.69, 9.17) is 10.8 Å². The maximum Gasteiger partial charge on any atom is 0.320 e. The summed E-state index contributed by atoms with van der Waals surface area (Å²) < 4.78 is 27.6. The van der Waals surface area contributed by atoms with Crippen LogP contribution >= 0.6 is 0 Å². The molecule has 0 spiro atoms. The molecule has 0 bridgehead atoms. The van der Waals surface area contributed by atoms with Crippen LogP contribution in [0.2, 0.25) is 0 Å². The number of benzene rings is 3. The van der Waals surface area contributed by atoms with Gasteiger partial charge >= 0.3 is 5.97 Å². The van der Waals surface area contributed by atoms with E-state index in [1.54, 1.807) is 6.08 Å². The highest BCUT2D eigenvalue weighted by molar-refractivity contribution is 5.89. The van der Waals surface area contributed by atoms with Gasteiger partial charge in [0.15, 0.2) is 0 Å². The smallest absolute Gasteiger partial charge is 0.320 e. The fraction of sp³-hybridized carbons (Fsp3) is 0.0952. The van der Waals surface area contributed by atoms with Gasteiger partial charge in [0, 0.05) is 11.6 Å². The SMILES string of the molecule is NC(CC=C(c1ccc2ccccc2c1)c1ccc(F)cc1F)C(=O)O. The number of halogens is 2. The summed E-state index contributed by atoms with van der Waals surface area (Å²) in [5, 5.41) is 11.0. The molecule has 3 rings (SSSR count). The molecule has 3 N–H and O–H groups in total. The molecule has 0 aliphatic rings. The zero-order valence-corrected chi connectivity index (χ0v) is 13.8. The molecule has 0 saturated heterocycles. The third kappa shape index (κ3) is 3.78. The number of aliphatic carboxylic acids is 1. The molecule has 0 amide bonds. The molecule has 3 aromatic carbocycles. The number of nitrogens with two attached hydrogens (primary N) is 1. The lowest BCUT2D eigenvalue weighted by atomic mass is 9.93. The van der Waals surface area contributed by atoms with Crippen molar-refractivity contribution < 1.29 is 18.7 Å². The number of hydrogen-bond donors (Lipinski definition) is 2. The molecule has 5 heteroatoms. The Morgan fingerprint density at radius 3 is 2.46 bits per heavy atom. The predicted octanol–water partition coefficient (Wildman–Crippen LogP) is 4.35. The van der Waals surface area contributed by atoms with Gasteiger partial charge in [0.25, 0.3) is 0 Å². The first-order valence-corrected chi connectivity index (χ1v) is 8.09. The zero-order valence-electron chi connectivity index (χ0n) is 13.8. The molecule has 0 aliphatic carbocycles. The van der Waals surface area contributed by atoms with Gasteiger partial charge in [-0.2, -0.15) is 0 Å². The van der Waals surface area contributed by atoms with E-state index in [0.717, 1.165) is 16.8 Å². The molecule has 0 heterocycles. The quantitative estimate of drug-likeness (QED) is 0.717. The number of hydrogen-bond acceptors (Lipinski definition) is 2. The Morgan fingerprint density at radius 1 is 1.04 bits per heavy atom. The first-order chi connectivity index (χ1) is 12.5. The van der Waals surface area contributed by atoms with Crippen LogP contribution in [0.4, 0.5) is 8.78 Å². The summed E-state index contributed by atoms with van der Waals surface area (Å²) in [6, 6.07) is 15.5. The Balaban J connectivity index is 2.12. The monoisotopic (exact) mass is 353 g/mol. The molecule has 1 unspecified atom stereocenters. The maximum absolute atomic E-state index is 14.4. The fourth-order valence-electron chi connectivity index (χ4n) is 2.79. The molecular weight excluding hydrogens is 336 g/mol. The van der Waals surface area contributed by atoms with Crippen molar-refractivity contribution in [3.8, 4) is 0 Å². The fourth-order valence-corrected chi connectivity index (χ4v) is 2.79. The molecule has 0 saturated carbocycles. The van der Waals surface area contributed by atoms with Gasteiger partial charge in [-0.05, 0) is 46.5 Å². The van der Waals surface area contributed by atoms with Crippen molar-refractivity contribution in [1.29, 1.82) is 0 Å². The molecule has 3 aromatic rings. The molecule has 1 atom stereocenters. The Morgan fingerprint density at radius 2 is 1.77 bits per heavy atom. The lowest BCUT2D eigenvalue weighted by Gasteiger charge is -2.12. The molecule has 3 nitrogen and oxygen atoms in total. The summed E-state index contributed by atoms with van der Waals surface area (Å²) in [6.07, 6.45) is 1.60. The minimum Gasteiger partial charge on any atom is -0.480 e. The van der Waals surface area contributed by atoms with Crippen molar-refractivity contribution in [1.82, 2.24) is 0 Å². The average molecular weight is 353 g/mol. The van der Waals surface area contributed by atoms with Crippen molar-refractivity contribution in [3.05, 3.63) is 89.5 Å². The zero-order chi connectivity index (χ0) is 18.7. The Hall–Kier alpha value is -3.05. The van der Waals surface area contributed by atoms with Gasteiger partial charge in [-0.25, -0.2) is 8.78 Å². The largest absolute Gasteiger partial charge is 0.480 e. The van der Waals surface area contributed by atoms with E-state index in [0.29, 0.717) is 11.1 Å². The summed E-state index contributed by atoms with van der Waals surface area (Å²) in [4.78, 5) is 11.0. The number of rotatable bonds is 5. The first-order valence-electron chi connectivity index (χ1n) is 8.09. The summed E-state index contributed by atoms with van der Waals surface area (Å²) >= 11 is 0. The second kappa shape index (κ2) is 7.45. The average Bonchev–Trinajstić information content (AvgIpc) is 2.62. The highest BCUT2D eigenvalue weighted by Crippen LogP contribution is 2.29. The van der Waals surface area contributed by atoms with Crippen LogP contribution in [0.1, 0.15) is 17.5 Å². The van der Waals surface area contributed by atoms with Crippen molar-refractivity contribution in [3.63, 3.8) is 0 Å². The molecule has 0 aromatic heterocycles. The van der Waals surface area contributed by atoms with Crippen molar-refractivity contribution in [2.45, 2.75) is 12.5 Å². The van der Waals surface area contributed by atoms with Crippen LogP contribution in [0.25, 0.3) is 16.3 Å². The third-order valence-corrected chi connectivity index (χ3v) is 4.17. The normalized spacial score (nSPS) is 13.0. The van der Waals surface area contributed by atoms with Gasteiger partial charge in [-0.3, -0.25) is 4.79 Å². The van der Waals surface area contributed by atoms with Crippen molar-refractivity contribution >= 4 is 22.3 Å². The highest BCUT2D eigenvalue weighted by Gasteiger charge is 2.15. The number of carboxylic acid groups (broad SMARTS) is 1. The maximum atomic E-state index is 14.4. The van der Waals surface area contributed by atoms with E-state index >= 15 is 0 Å². The predicted molar refractivity (Wildman–Crippen MR) is 97.6 cm³/mol. The number of fused-ring (bicyclic) bond motifs is 1. The molecule has 132 valence electrons. The van der Waals surface area contributed by atoms with E-state index < -0.39 is 23.6 Å². The van der Waals surface area contributed by atoms with Gasteiger partial charge in [0.05, 0.1) is 0 Å². The van der Waals surface area contributed by atoms with Crippen molar-refractivity contribution in [2.75, 3.05) is 0 Å². The Bertz CT molecular complexity index is 998. The Labute approximate surface area is 149 Å². The molecule has 26 heavy (non-hydrogen) atoms. The van der Waals surface area contributed by atoms with Gasteiger partial charge < -0.3 is 10.8 Å². The second-order valence-electron chi connectivity index (χ2n) is 5.98. The van der Waals surface area contributed by atoms with Crippen LogP contribution in [-0.4, -0.2) is 17.1 Å². The summed E-state index contributed by atoms with van der Waals surface area (Å²) in [5.41, 5.74) is 6.95. The van der Waals surface area contributed by atoms with E-state index in [-0.39, 0.29) is 12.0 Å². The van der Waals surface area contributed by atoms with Crippen LogP contribution in [0.15, 0.2) is 66.7 Å². The molecule has 0 radical (unpaired) electrons. The van der Waals surface area contributed by atoms with E-state index in [9.17, 15) is 13.6 Å². The highest BCUT2D eigenvalue weighted by atomic mass is 19.1. The molecule has 0 fully saturated rings. The van der Waals surface area contributed by atoms with Crippen LogP contribution in [-0.2, 0) is 4.79 Å². The van der Waals surface area contributed by atoms with Crippen LogP contribution < -0.4 is 5.73 Å². The number of carbonyl (C=O) groups is 1. The third-order valence-electron chi connectivity index (χ3n) is 4.17. The number of carboxylic acids is 1. The molecular formula is C21H17F2NO2. The Kier molecular flexibility index (Phi) is 5.09. The van der Waals surface area contributed by atoms with Crippen LogP contribution in [0.3, 0.4) is 0 Å². The lowest BCUT2D eigenvalue weighted by molar-refractivity contribution is -0.138. The van der Waals surface area contributed by atoms with Gasteiger partial charge in [0.2, 0.25) is 0 Å². The minimum absolute atomic E-state index is 0.0221.